The second kappa shape index (κ2) is 8.47. The molecule has 0 radical (unpaired) electrons. The average molecular weight is 270 g/mol. The van der Waals surface area contributed by atoms with Crippen LogP contribution >= 0.6 is 7.60 Å². The topological polar surface area (TPSA) is 35.5 Å². The van der Waals surface area contributed by atoms with Crippen molar-refractivity contribution in [2.75, 3.05) is 13.2 Å². The van der Waals surface area contributed by atoms with Crippen LogP contribution in [0.5, 0.6) is 0 Å². The maximum absolute atomic E-state index is 12.6. The molecule has 18 heavy (non-hydrogen) atoms. The molecule has 1 unspecified atom stereocenters. The monoisotopic (exact) mass is 270 g/mol. The lowest BCUT2D eigenvalue weighted by molar-refractivity contribution is 0.217. The standard InChI is InChI=1S/C14H23O3P/c1-3-5-6-10-13-17-18(15,16-4-2)14-11-8-7-9-12-14/h7-9,11-12H,3-6,10,13H2,1-2H3. The lowest BCUT2D eigenvalue weighted by Gasteiger charge is -2.17. The number of hydrogen-bond donors (Lipinski definition) is 0. The molecule has 1 rings (SSSR count). The quantitative estimate of drug-likeness (QED) is 0.499. The van der Waals surface area contributed by atoms with Crippen molar-refractivity contribution in [1.29, 1.82) is 0 Å². The fourth-order valence-electron chi connectivity index (χ4n) is 1.68. The molecule has 4 heteroatoms. The first-order valence-electron chi connectivity index (χ1n) is 6.67. The summed E-state index contributed by atoms with van der Waals surface area (Å²) in [4.78, 5) is 0. The van der Waals surface area contributed by atoms with Gasteiger partial charge < -0.3 is 9.05 Å². The van der Waals surface area contributed by atoms with E-state index in [4.69, 9.17) is 9.05 Å². The van der Waals surface area contributed by atoms with Crippen molar-refractivity contribution in [3.8, 4) is 0 Å². The Labute approximate surface area is 110 Å². The van der Waals surface area contributed by atoms with Crippen LogP contribution < -0.4 is 5.30 Å². The molecular weight excluding hydrogens is 247 g/mol. The third kappa shape index (κ3) is 4.93. The van der Waals surface area contributed by atoms with Gasteiger partial charge in [0.1, 0.15) is 0 Å². The maximum atomic E-state index is 12.6. The van der Waals surface area contributed by atoms with Crippen LogP contribution in [0, 0.1) is 0 Å². The Hall–Kier alpha value is -0.630. The minimum absolute atomic E-state index is 0.390. The zero-order chi connectivity index (χ0) is 13.3. The van der Waals surface area contributed by atoms with Gasteiger partial charge in [-0.05, 0) is 25.5 Å². The van der Waals surface area contributed by atoms with E-state index in [1.165, 1.54) is 12.8 Å². The minimum Gasteiger partial charge on any atom is -0.305 e. The summed E-state index contributed by atoms with van der Waals surface area (Å²) < 4.78 is 23.5. The summed E-state index contributed by atoms with van der Waals surface area (Å²) in [7, 11) is -3.12. The highest BCUT2D eigenvalue weighted by Crippen LogP contribution is 2.46. The Bertz CT molecular complexity index is 365. The molecule has 1 atom stereocenters. The molecule has 0 fully saturated rings. The zero-order valence-electron chi connectivity index (χ0n) is 11.3. The molecule has 0 spiro atoms. The fourth-order valence-corrected chi connectivity index (χ4v) is 3.30. The van der Waals surface area contributed by atoms with Crippen molar-refractivity contribution in [1.82, 2.24) is 0 Å². The summed E-state index contributed by atoms with van der Waals surface area (Å²) in [5.41, 5.74) is 0. The molecule has 0 aliphatic heterocycles. The van der Waals surface area contributed by atoms with Gasteiger partial charge in [-0.1, -0.05) is 44.4 Å². The van der Waals surface area contributed by atoms with Gasteiger partial charge in [-0.2, -0.15) is 0 Å². The Morgan fingerprint density at radius 1 is 1.00 bits per heavy atom. The van der Waals surface area contributed by atoms with Gasteiger partial charge in [0.2, 0.25) is 0 Å². The smallest absolute Gasteiger partial charge is 0.305 e. The number of unbranched alkanes of at least 4 members (excludes halogenated alkanes) is 3. The number of benzene rings is 1. The van der Waals surface area contributed by atoms with Gasteiger partial charge in [0.05, 0.1) is 18.5 Å². The Morgan fingerprint density at radius 2 is 1.72 bits per heavy atom. The van der Waals surface area contributed by atoms with Crippen LogP contribution in [-0.4, -0.2) is 13.2 Å². The van der Waals surface area contributed by atoms with Crippen molar-refractivity contribution in [3.63, 3.8) is 0 Å². The predicted octanol–water partition coefficient (Wildman–Crippen LogP) is 4.14. The highest BCUT2D eigenvalue weighted by molar-refractivity contribution is 7.62. The Morgan fingerprint density at radius 3 is 2.33 bits per heavy atom. The van der Waals surface area contributed by atoms with Crippen molar-refractivity contribution in [2.45, 2.75) is 39.5 Å². The molecule has 0 aromatic heterocycles. The molecular formula is C14H23O3P. The van der Waals surface area contributed by atoms with Crippen molar-refractivity contribution in [3.05, 3.63) is 30.3 Å². The summed E-state index contributed by atoms with van der Waals surface area (Å²) in [5.74, 6) is 0. The van der Waals surface area contributed by atoms with Gasteiger partial charge in [0, 0.05) is 0 Å². The molecule has 0 saturated carbocycles. The second-order valence-electron chi connectivity index (χ2n) is 4.14. The summed E-state index contributed by atoms with van der Waals surface area (Å²) in [6.07, 6.45) is 4.41. The SMILES string of the molecule is CCCCCCOP(=O)(OCC)c1ccccc1. The highest BCUT2D eigenvalue weighted by Gasteiger charge is 2.26. The van der Waals surface area contributed by atoms with Gasteiger partial charge in [-0.15, -0.1) is 0 Å². The second-order valence-corrected chi connectivity index (χ2v) is 6.17. The normalized spacial score (nSPS) is 14.3. The molecule has 0 aliphatic carbocycles. The van der Waals surface area contributed by atoms with E-state index in [0.29, 0.717) is 18.5 Å². The van der Waals surface area contributed by atoms with E-state index in [2.05, 4.69) is 6.92 Å². The van der Waals surface area contributed by atoms with Crippen LogP contribution in [0.15, 0.2) is 30.3 Å². The molecule has 0 aliphatic rings. The molecule has 1 aromatic rings. The molecule has 102 valence electrons. The van der Waals surface area contributed by atoms with Gasteiger partial charge in [-0.3, -0.25) is 4.57 Å². The van der Waals surface area contributed by atoms with Crippen molar-refractivity contribution in [2.24, 2.45) is 0 Å². The lowest BCUT2D eigenvalue weighted by atomic mass is 10.2. The molecule has 0 heterocycles. The van der Waals surface area contributed by atoms with E-state index in [1.807, 2.05) is 25.1 Å². The van der Waals surface area contributed by atoms with E-state index < -0.39 is 7.60 Å². The van der Waals surface area contributed by atoms with Gasteiger partial charge in [0.15, 0.2) is 0 Å². The van der Waals surface area contributed by atoms with Crippen molar-refractivity contribution >= 4 is 12.9 Å². The van der Waals surface area contributed by atoms with Crippen LogP contribution in [0.1, 0.15) is 39.5 Å². The van der Waals surface area contributed by atoms with E-state index in [9.17, 15) is 4.57 Å². The zero-order valence-corrected chi connectivity index (χ0v) is 12.2. The summed E-state index contributed by atoms with van der Waals surface area (Å²) in [6, 6.07) is 9.18. The molecule has 0 N–H and O–H groups in total. The Kier molecular flexibility index (Phi) is 7.26. The van der Waals surface area contributed by atoms with Gasteiger partial charge >= 0.3 is 7.60 Å². The first kappa shape index (κ1) is 15.4. The van der Waals surface area contributed by atoms with Crippen LogP contribution in [-0.2, 0) is 13.6 Å². The summed E-state index contributed by atoms with van der Waals surface area (Å²) in [5, 5.41) is 0.641. The van der Waals surface area contributed by atoms with Crippen LogP contribution in [0.2, 0.25) is 0 Å². The van der Waals surface area contributed by atoms with Crippen molar-refractivity contribution < 1.29 is 13.6 Å². The maximum Gasteiger partial charge on any atom is 0.361 e. The van der Waals surface area contributed by atoms with Crippen LogP contribution in [0.3, 0.4) is 0 Å². The Balaban J connectivity index is 2.56. The molecule has 1 aromatic carbocycles. The molecule has 0 amide bonds. The summed E-state index contributed by atoms with van der Waals surface area (Å²) in [6.45, 7) is 4.87. The number of hydrogen-bond acceptors (Lipinski definition) is 3. The minimum atomic E-state index is -3.12. The van der Waals surface area contributed by atoms with Gasteiger partial charge in [-0.25, -0.2) is 0 Å². The molecule has 3 nitrogen and oxygen atoms in total. The molecule has 0 saturated heterocycles. The van der Waals surface area contributed by atoms with Crippen LogP contribution in [0.25, 0.3) is 0 Å². The van der Waals surface area contributed by atoms with E-state index in [-0.39, 0.29) is 0 Å². The lowest BCUT2D eigenvalue weighted by Crippen LogP contribution is -2.10. The van der Waals surface area contributed by atoms with E-state index >= 15 is 0 Å². The average Bonchev–Trinajstić information content (AvgIpc) is 2.40. The largest absolute Gasteiger partial charge is 0.361 e. The van der Waals surface area contributed by atoms with Crippen LogP contribution in [0.4, 0.5) is 0 Å². The third-order valence-electron chi connectivity index (χ3n) is 2.63. The van der Waals surface area contributed by atoms with Gasteiger partial charge in [0.25, 0.3) is 0 Å². The number of rotatable bonds is 9. The fraction of sp³-hybridized carbons (Fsp3) is 0.571. The first-order valence-corrected chi connectivity index (χ1v) is 8.22. The van der Waals surface area contributed by atoms with E-state index in [0.717, 1.165) is 12.8 Å². The van der Waals surface area contributed by atoms with E-state index in [1.54, 1.807) is 12.1 Å². The first-order chi connectivity index (χ1) is 8.73. The third-order valence-corrected chi connectivity index (χ3v) is 4.68. The summed E-state index contributed by atoms with van der Waals surface area (Å²) >= 11 is 0. The highest BCUT2D eigenvalue weighted by atomic mass is 31.2. The predicted molar refractivity (Wildman–Crippen MR) is 75.4 cm³/mol. The molecule has 0 bridgehead atoms.